The van der Waals surface area contributed by atoms with E-state index >= 15 is 0 Å². The van der Waals surface area contributed by atoms with E-state index in [1.54, 1.807) is 0 Å². The molecule has 0 radical (unpaired) electrons. The van der Waals surface area contributed by atoms with Crippen LogP contribution in [-0.4, -0.2) is 9.97 Å². The Balaban J connectivity index is 2.63. The summed E-state index contributed by atoms with van der Waals surface area (Å²) in [6.07, 6.45) is -3.00. The van der Waals surface area contributed by atoms with Crippen LogP contribution in [0, 0.1) is 0 Å². The summed E-state index contributed by atoms with van der Waals surface area (Å²) in [5, 5.41) is 0.468. The monoisotopic (exact) mass is 270 g/mol. The minimum atomic E-state index is -4.39. The van der Waals surface area contributed by atoms with Crippen molar-refractivity contribution in [3.63, 3.8) is 0 Å². The maximum Gasteiger partial charge on any atom is 0.416 e. The van der Waals surface area contributed by atoms with E-state index in [0.717, 1.165) is 18.6 Å². The molecule has 0 unspecified atom stereocenters. The number of benzene rings is 1. The van der Waals surface area contributed by atoms with Gasteiger partial charge in [0.1, 0.15) is 5.82 Å². The standard InChI is InChI=1S/C12H13F3N4/c1-2-3-10-17-9-6-7(12(13,14)15)4-5-8(9)11(18-10)19-16/h4-6H,2-3,16H2,1H3,(H,17,18,19). The molecule has 2 rings (SSSR count). The molecule has 0 fully saturated rings. The number of nitrogens with one attached hydrogen (secondary N) is 1. The maximum atomic E-state index is 12.7. The van der Waals surface area contributed by atoms with E-state index in [2.05, 4.69) is 15.4 Å². The Bertz CT molecular complexity index is 595. The first kappa shape index (κ1) is 13.5. The van der Waals surface area contributed by atoms with Crippen molar-refractivity contribution in [1.82, 2.24) is 9.97 Å². The molecule has 0 atom stereocenters. The molecule has 0 spiro atoms. The zero-order valence-corrected chi connectivity index (χ0v) is 10.3. The fraction of sp³-hybridized carbons (Fsp3) is 0.333. The first-order valence-electron chi connectivity index (χ1n) is 5.80. The van der Waals surface area contributed by atoms with E-state index in [4.69, 9.17) is 5.84 Å². The van der Waals surface area contributed by atoms with Crippen LogP contribution in [0.5, 0.6) is 0 Å². The van der Waals surface area contributed by atoms with Crippen molar-refractivity contribution in [2.24, 2.45) is 5.84 Å². The third-order valence-corrected chi connectivity index (χ3v) is 2.68. The van der Waals surface area contributed by atoms with Crippen LogP contribution in [0.4, 0.5) is 19.0 Å². The molecule has 0 aliphatic carbocycles. The molecule has 102 valence electrons. The number of aryl methyl sites for hydroxylation is 1. The molecule has 0 aliphatic heterocycles. The summed E-state index contributed by atoms with van der Waals surface area (Å²) in [5.41, 5.74) is 1.90. The molecule has 3 N–H and O–H groups in total. The normalized spacial score (nSPS) is 11.8. The molecule has 1 aromatic carbocycles. The van der Waals surface area contributed by atoms with Crippen LogP contribution < -0.4 is 11.3 Å². The molecular weight excluding hydrogens is 257 g/mol. The van der Waals surface area contributed by atoms with Gasteiger partial charge in [-0.15, -0.1) is 0 Å². The number of hydrogen-bond donors (Lipinski definition) is 2. The van der Waals surface area contributed by atoms with E-state index in [-0.39, 0.29) is 5.52 Å². The van der Waals surface area contributed by atoms with Gasteiger partial charge >= 0.3 is 6.18 Å². The van der Waals surface area contributed by atoms with E-state index < -0.39 is 11.7 Å². The van der Waals surface area contributed by atoms with Crippen molar-refractivity contribution in [2.45, 2.75) is 25.9 Å². The number of fused-ring (bicyclic) bond motifs is 1. The van der Waals surface area contributed by atoms with Gasteiger partial charge in [-0.1, -0.05) is 6.92 Å². The van der Waals surface area contributed by atoms with Crippen LogP contribution in [-0.2, 0) is 12.6 Å². The summed E-state index contributed by atoms with van der Waals surface area (Å²) in [6, 6.07) is 3.33. The van der Waals surface area contributed by atoms with Gasteiger partial charge in [0.05, 0.1) is 11.1 Å². The largest absolute Gasteiger partial charge is 0.416 e. The predicted octanol–water partition coefficient (Wildman–Crippen LogP) is 2.89. The topological polar surface area (TPSA) is 63.8 Å². The Hall–Kier alpha value is -1.89. The Morgan fingerprint density at radius 1 is 1.26 bits per heavy atom. The second-order valence-electron chi connectivity index (χ2n) is 4.11. The Morgan fingerprint density at radius 3 is 2.58 bits per heavy atom. The zero-order valence-electron chi connectivity index (χ0n) is 10.3. The fourth-order valence-electron chi connectivity index (χ4n) is 1.80. The lowest BCUT2D eigenvalue weighted by molar-refractivity contribution is -0.137. The Kier molecular flexibility index (Phi) is 3.57. The highest BCUT2D eigenvalue weighted by atomic mass is 19.4. The number of nitrogens with two attached hydrogens (primary N) is 1. The molecule has 19 heavy (non-hydrogen) atoms. The summed E-state index contributed by atoms with van der Waals surface area (Å²) in [7, 11) is 0. The number of hydrogen-bond acceptors (Lipinski definition) is 4. The van der Waals surface area contributed by atoms with Crippen molar-refractivity contribution in [1.29, 1.82) is 0 Å². The van der Waals surface area contributed by atoms with Gasteiger partial charge < -0.3 is 5.43 Å². The molecule has 7 heteroatoms. The maximum absolute atomic E-state index is 12.7. The first-order valence-corrected chi connectivity index (χ1v) is 5.80. The summed E-state index contributed by atoms with van der Waals surface area (Å²) in [4.78, 5) is 8.31. The van der Waals surface area contributed by atoms with Crippen LogP contribution in [0.2, 0.25) is 0 Å². The highest BCUT2D eigenvalue weighted by Crippen LogP contribution is 2.32. The minimum Gasteiger partial charge on any atom is -0.308 e. The summed E-state index contributed by atoms with van der Waals surface area (Å²) >= 11 is 0. The number of anilines is 1. The lowest BCUT2D eigenvalue weighted by Crippen LogP contribution is -2.12. The van der Waals surface area contributed by atoms with Crippen LogP contribution >= 0.6 is 0 Å². The molecule has 0 aliphatic rings. The van der Waals surface area contributed by atoms with E-state index in [0.29, 0.717) is 23.4 Å². The number of nitrogen functional groups attached to an aromatic ring is 1. The van der Waals surface area contributed by atoms with Gasteiger partial charge in [-0.05, 0) is 24.6 Å². The molecule has 1 heterocycles. The molecule has 0 amide bonds. The van der Waals surface area contributed by atoms with Crippen LogP contribution in [0.1, 0.15) is 24.7 Å². The number of alkyl halides is 3. The third kappa shape index (κ3) is 2.76. The highest BCUT2D eigenvalue weighted by Gasteiger charge is 2.30. The molecule has 0 saturated heterocycles. The molecular formula is C12H13F3N4. The Labute approximate surface area is 107 Å². The van der Waals surface area contributed by atoms with Gasteiger partial charge in [0.25, 0.3) is 0 Å². The highest BCUT2D eigenvalue weighted by molar-refractivity contribution is 5.89. The number of hydrazine groups is 1. The van der Waals surface area contributed by atoms with Gasteiger partial charge in [-0.25, -0.2) is 15.8 Å². The number of rotatable bonds is 3. The van der Waals surface area contributed by atoms with Gasteiger partial charge in [0.2, 0.25) is 0 Å². The average molecular weight is 270 g/mol. The van der Waals surface area contributed by atoms with Crippen LogP contribution in [0.15, 0.2) is 18.2 Å². The minimum absolute atomic E-state index is 0.237. The average Bonchev–Trinajstić information content (AvgIpc) is 2.36. The van der Waals surface area contributed by atoms with Crippen LogP contribution in [0.25, 0.3) is 10.9 Å². The lowest BCUT2D eigenvalue weighted by atomic mass is 10.1. The second-order valence-corrected chi connectivity index (χ2v) is 4.11. The van der Waals surface area contributed by atoms with Crippen molar-refractivity contribution >= 4 is 16.7 Å². The summed E-state index contributed by atoms with van der Waals surface area (Å²) < 4.78 is 38.0. The first-order chi connectivity index (χ1) is 8.95. The van der Waals surface area contributed by atoms with Gasteiger partial charge in [-0.2, -0.15) is 13.2 Å². The van der Waals surface area contributed by atoms with E-state index in [9.17, 15) is 13.2 Å². The van der Waals surface area contributed by atoms with Gasteiger partial charge in [0, 0.05) is 11.8 Å². The SMILES string of the molecule is CCCc1nc(NN)c2ccc(C(F)(F)F)cc2n1. The fourth-order valence-corrected chi connectivity index (χ4v) is 1.80. The summed E-state index contributed by atoms with van der Waals surface area (Å²) in [6.45, 7) is 1.94. The molecule has 0 bridgehead atoms. The molecule has 1 aromatic heterocycles. The van der Waals surface area contributed by atoms with Crippen molar-refractivity contribution in [3.8, 4) is 0 Å². The number of nitrogens with zero attached hydrogens (tertiary/aromatic N) is 2. The van der Waals surface area contributed by atoms with Gasteiger partial charge in [0.15, 0.2) is 5.82 Å². The molecule has 4 nitrogen and oxygen atoms in total. The second kappa shape index (κ2) is 5.00. The van der Waals surface area contributed by atoms with Crippen molar-refractivity contribution in [3.05, 3.63) is 29.6 Å². The van der Waals surface area contributed by atoms with E-state index in [1.807, 2.05) is 6.92 Å². The zero-order chi connectivity index (χ0) is 14.0. The quantitative estimate of drug-likeness (QED) is 0.665. The Morgan fingerprint density at radius 2 is 2.00 bits per heavy atom. The predicted molar refractivity (Wildman–Crippen MR) is 66.3 cm³/mol. The smallest absolute Gasteiger partial charge is 0.308 e. The van der Waals surface area contributed by atoms with Gasteiger partial charge in [-0.3, -0.25) is 0 Å². The van der Waals surface area contributed by atoms with Crippen molar-refractivity contribution < 1.29 is 13.2 Å². The molecule has 2 aromatic rings. The lowest BCUT2D eigenvalue weighted by Gasteiger charge is -2.10. The van der Waals surface area contributed by atoms with E-state index in [1.165, 1.54) is 6.07 Å². The third-order valence-electron chi connectivity index (χ3n) is 2.68. The number of halogens is 3. The molecule has 0 saturated carbocycles. The number of aromatic nitrogens is 2. The van der Waals surface area contributed by atoms with Crippen LogP contribution in [0.3, 0.4) is 0 Å². The summed E-state index contributed by atoms with van der Waals surface area (Å²) in [5.74, 6) is 6.15. The van der Waals surface area contributed by atoms with Crippen molar-refractivity contribution in [2.75, 3.05) is 5.43 Å².